The summed E-state index contributed by atoms with van der Waals surface area (Å²) in [5.74, 6) is 2.09. The molecule has 6 nitrogen and oxygen atoms in total. The number of thiazole rings is 1. The van der Waals surface area contributed by atoms with E-state index >= 15 is 0 Å². The van der Waals surface area contributed by atoms with Crippen LogP contribution < -0.4 is 5.73 Å². The zero-order valence-corrected chi connectivity index (χ0v) is 13.9. The predicted molar refractivity (Wildman–Crippen MR) is 82.2 cm³/mol. The highest BCUT2D eigenvalue weighted by molar-refractivity contribution is 8.00. The molecule has 0 saturated heterocycles. The van der Waals surface area contributed by atoms with Crippen LogP contribution in [0.15, 0.2) is 8.86 Å². The molecule has 0 aliphatic rings. The Bertz CT molecular complexity index is 621. The third kappa shape index (κ3) is 4.82. The van der Waals surface area contributed by atoms with E-state index in [0.717, 1.165) is 21.3 Å². The maximum atomic E-state index is 11.0. The molecule has 0 saturated carbocycles. The van der Waals surface area contributed by atoms with Gasteiger partial charge >= 0.3 is 0 Å². The number of hydrogen-bond donors (Lipinski definition) is 1. The number of carbonyl (C=O) groups is 1. The molecule has 2 N–H and O–H groups in total. The van der Waals surface area contributed by atoms with E-state index in [0.29, 0.717) is 23.4 Å². The maximum Gasteiger partial charge on any atom is 0.226 e. The van der Waals surface area contributed by atoms with Gasteiger partial charge in [0, 0.05) is 11.3 Å². The lowest BCUT2D eigenvalue weighted by Gasteiger charge is -1.95. The second-order valence-electron chi connectivity index (χ2n) is 5.12. The lowest BCUT2D eigenvalue weighted by Crippen LogP contribution is -2.13. The van der Waals surface area contributed by atoms with Gasteiger partial charge in [0.15, 0.2) is 10.2 Å². The molecule has 114 valence electrons. The molecule has 0 aliphatic carbocycles. The Kier molecular flexibility index (Phi) is 5.35. The Balaban J connectivity index is 1.93. The molecule has 0 fully saturated rings. The van der Waals surface area contributed by atoms with E-state index in [9.17, 15) is 4.79 Å². The first-order valence-corrected chi connectivity index (χ1v) is 8.43. The lowest BCUT2D eigenvalue weighted by molar-refractivity contribution is -0.117. The summed E-state index contributed by atoms with van der Waals surface area (Å²) in [6.45, 7) is 6.10. The van der Waals surface area contributed by atoms with Crippen LogP contribution in [0, 0.1) is 12.8 Å². The van der Waals surface area contributed by atoms with Crippen molar-refractivity contribution in [2.24, 2.45) is 11.7 Å². The number of nitrogens with two attached hydrogens (primary N) is 1. The summed E-state index contributed by atoms with van der Waals surface area (Å²) in [6.07, 6.45) is 1.03. The van der Waals surface area contributed by atoms with Crippen molar-refractivity contribution in [3.63, 3.8) is 0 Å². The molecule has 0 spiro atoms. The fourth-order valence-corrected chi connectivity index (χ4v) is 3.78. The zero-order valence-electron chi connectivity index (χ0n) is 12.3. The van der Waals surface area contributed by atoms with Gasteiger partial charge in [0.1, 0.15) is 0 Å². The van der Waals surface area contributed by atoms with Crippen LogP contribution >= 0.6 is 23.1 Å². The van der Waals surface area contributed by atoms with E-state index in [2.05, 4.69) is 29.0 Å². The Morgan fingerprint density at radius 1 is 1.43 bits per heavy atom. The van der Waals surface area contributed by atoms with Crippen LogP contribution in [0.2, 0.25) is 0 Å². The Hall–Kier alpha value is -1.41. The van der Waals surface area contributed by atoms with Gasteiger partial charge in [0.25, 0.3) is 0 Å². The molecule has 1 amide bonds. The molecule has 21 heavy (non-hydrogen) atoms. The first kappa shape index (κ1) is 16.0. The molecular formula is C13H18N4O2S2. The van der Waals surface area contributed by atoms with Crippen LogP contribution in [0.3, 0.4) is 0 Å². The predicted octanol–water partition coefficient (Wildman–Crippen LogP) is 2.35. The second kappa shape index (κ2) is 7.04. The maximum absolute atomic E-state index is 11.0. The topological polar surface area (TPSA) is 94.9 Å². The summed E-state index contributed by atoms with van der Waals surface area (Å²) in [7, 11) is 0. The first-order chi connectivity index (χ1) is 9.94. The van der Waals surface area contributed by atoms with Gasteiger partial charge in [-0.15, -0.1) is 11.3 Å². The summed E-state index contributed by atoms with van der Waals surface area (Å²) >= 11 is 3.03. The van der Waals surface area contributed by atoms with Crippen molar-refractivity contribution in [2.45, 2.75) is 43.7 Å². The number of aromatic nitrogens is 3. The Labute approximate surface area is 131 Å². The van der Waals surface area contributed by atoms with Crippen molar-refractivity contribution in [2.75, 3.05) is 0 Å². The van der Waals surface area contributed by atoms with Crippen molar-refractivity contribution < 1.29 is 9.32 Å². The van der Waals surface area contributed by atoms with E-state index in [4.69, 9.17) is 10.3 Å². The molecule has 0 unspecified atom stereocenters. The van der Waals surface area contributed by atoms with Gasteiger partial charge in [-0.3, -0.25) is 4.79 Å². The Morgan fingerprint density at radius 2 is 2.19 bits per heavy atom. The average Bonchev–Trinajstić information content (AvgIpc) is 2.93. The highest BCUT2D eigenvalue weighted by Crippen LogP contribution is 2.29. The van der Waals surface area contributed by atoms with Crippen LogP contribution in [0.5, 0.6) is 0 Å². The summed E-state index contributed by atoms with van der Waals surface area (Å²) in [4.78, 5) is 20.6. The number of hydrogen-bond acceptors (Lipinski definition) is 7. The van der Waals surface area contributed by atoms with Gasteiger partial charge in [-0.2, -0.15) is 4.98 Å². The molecule has 2 rings (SSSR count). The number of thioether (sulfide) groups is 1. The van der Waals surface area contributed by atoms with Gasteiger partial charge in [0.2, 0.25) is 11.8 Å². The fourth-order valence-electron chi connectivity index (χ4n) is 1.69. The van der Waals surface area contributed by atoms with Gasteiger partial charge in [0.05, 0.1) is 17.9 Å². The normalized spacial score (nSPS) is 11.2. The highest BCUT2D eigenvalue weighted by atomic mass is 32.2. The number of aryl methyl sites for hydroxylation is 1. The second-order valence-corrected chi connectivity index (χ2v) is 7.43. The molecule has 2 aromatic rings. The first-order valence-electron chi connectivity index (χ1n) is 6.63. The summed E-state index contributed by atoms with van der Waals surface area (Å²) in [5.41, 5.74) is 6.07. The molecule has 0 bridgehead atoms. The van der Waals surface area contributed by atoms with Crippen molar-refractivity contribution in [1.82, 2.24) is 15.1 Å². The molecule has 2 aromatic heterocycles. The lowest BCUT2D eigenvalue weighted by atomic mass is 10.1. The quantitative estimate of drug-likeness (QED) is 0.785. The van der Waals surface area contributed by atoms with Crippen molar-refractivity contribution in [1.29, 1.82) is 0 Å². The zero-order chi connectivity index (χ0) is 15.4. The van der Waals surface area contributed by atoms with Crippen LogP contribution in [0.1, 0.15) is 36.1 Å². The third-order valence-corrected chi connectivity index (χ3v) is 4.92. The van der Waals surface area contributed by atoms with Crippen molar-refractivity contribution in [3.05, 3.63) is 22.3 Å². The van der Waals surface area contributed by atoms with Gasteiger partial charge < -0.3 is 10.3 Å². The smallest absolute Gasteiger partial charge is 0.226 e. The minimum Gasteiger partial charge on any atom is -0.369 e. The number of nitrogens with zero attached hydrogens (tertiary/aromatic N) is 3. The van der Waals surface area contributed by atoms with Crippen LogP contribution in [-0.4, -0.2) is 21.0 Å². The van der Waals surface area contributed by atoms with Crippen LogP contribution in [-0.2, 0) is 23.4 Å². The van der Waals surface area contributed by atoms with E-state index in [-0.39, 0.29) is 12.3 Å². The van der Waals surface area contributed by atoms with Crippen molar-refractivity contribution in [3.8, 4) is 0 Å². The number of carbonyl (C=O) groups excluding carboxylic acids is 1. The van der Waals surface area contributed by atoms with Gasteiger partial charge in [-0.1, -0.05) is 30.8 Å². The summed E-state index contributed by atoms with van der Waals surface area (Å²) < 4.78 is 6.08. The molecule has 0 aliphatic heterocycles. The average molecular weight is 326 g/mol. The van der Waals surface area contributed by atoms with Gasteiger partial charge in [-0.05, 0) is 12.8 Å². The van der Waals surface area contributed by atoms with E-state index in [1.165, 1.54) is 23.1 Å². The summed E-state index contributed by atoms with van der Waals surface area (Å²) in [6, 6.07) is 0. The SMILES string of the molecule is Cc1nc(SCc2noc(CC(C)C)n2)sc1CC(N)=O. The van der Waals surface area contributed by atoms with E-state index in [1.807, 2.05) is 6.92 Å². The van der Waals surface area contributed by atoms with Crippen LogP contribution in [0.4, 0.5) is 0 Å². The molecule has 2 heterocycles. The fraction of sp³-hybridized carbons (Fsp3) is 0.538. The number of primary amides is 1. The number of rotatable bonds is 7. The van der Waals surface area contributed by atoms with E-state index in [1.54, 1.807) is 0 Å². The van der Waals surface area contributed by atoms with E-state index < -0.39 is 0 Å². The molecular weight excluding hydrogens is 308 g/mol. The third-order valence-electron chi connectivity index (χ3n) is 2.63. The molecule has 0 atom stereocenters. The molecule has 0 aromatic carbocycles. The standard InChI is InChI=1S/C13H18N4O2S2/c1-7(2)4-12-16-11(17-19-12)6-20-13-15-8(3)9(21-13)5-10(14)18/h7H,4-6H2,1-3H3,(H2,14,18). The minimum atomic E-state index is -0.338. The van der Waals surface area contributed by atoms with Crippen LogP contribution in [0.25, 0.3) is 0 Å². The molecule has 0 radical (unpaired) electrons. The van der Waals surface area contributed by atoms with Gasteiger partial charge in [-0.25, -0.2) is 4.98 Å². The number of amides is 1. The minimum absolute atomic E-state index is 0.241. The Morgan fingerprint density at radius 3 is 2.86 bits per heavy atom. The van der Waals surface area contributed by atoms with Crippen molar-refractivity contribution >= 4 is 29.0 Å². The highest BCUT2D eigenvalue weighted by Gasteiger charge is 2.13. The summed E-state index contributed by atoms with van der Waals surface area (Å²) in [5, 5.41) is 3.96. The molecule has 8 heteroatoms. The monoisotopic (exact) mass is 326 g/mol. The largest absolute Gasteiger partial charge is 0.369 e.